The van der Waals surface area contributed by atoms with Gasteiger partial charge in [-0.05, 0) is 49.4 Å². The molecule has 0 bridgehead atoms. The third-order valence-electron chi connectivity index (χ3n) is 4.36. The number of piperazine rings is 1. The zero-order valence-corrected chi connectivity index (χ0v) is 14.6. The van der Waals surface area contributed by atoms with E-state index in [0.717, 1.165) is 5.69 Å². The topological polar surface area (TPSA) is 40.6 Å². The molecule has 0 atom stereocenters. The lowest BCUT2D eigenvalue weighted by molar-refractivity contribution is 0.0742. The van der Waals surface area contributed by atoms with E-state index in [0.29, 0.717) is 36.8 Å². The van der Waals surface area contributed by atoms with Crippen molar-refractivity contribution in [1.29, 1.82) is 0 Å². The summed E-state index contributed by atoms with van der Waals surface area (Å²) in [5.41, 5.74) is 1.69. The Hall–Kier alpha value is -2.40. The number of hydrogen-bond donors (Lipinski definition) is 0. The van der Waals surface area contributed by atoms with Gasteiger partial charge in [0.05, 0.1) is 5.56 Å². The lowest BCUT2D eigenvalue weighted by atomic mass is 10.1. The van der Waals surface area contributed by atoms with Gasteiger partial charge >= 0.3 is 0 Å². The molecule has 0 aromatic heterocycles. The lowest BCUT2D eigenvalue weighted by Crippen LogP contribution is -2.49. The number of rotatable bonds is 3. The smallest absolute Gasteiger partial charge is 0.257 e. The van der Waals surface area contributed by atoms with Crippen molar-refractivity contribution in [1.82, 2.24) is 4.90 Å². The van der Waals surface area contributed by atoms with Gasteiger partial charge in [-0.3, -0.25) is 9.59 Å². The minimum Gasteiger partial charge on any atom is -0.368 e. The maximum atomic E-state index is 13.9. The molecule has 0 unspecified atom stereocenters. The Kier molecular flexibility index (Phi) is 5.04. The molecule has 1 heterocycles. The van der Waals surface area contributed by atoms with Gasteiger partial charge in [-0.15, -0.1) is 0 Å². The average Bonchev–Trinajstić information content (AvgIpc) is 2.63. The molecule has 130 valence electrons. The van der Waals surface area contributed by atoms with Crippen molar-refractivity contribution in [2.24, 2.45) is 0 Å². The van der Waals surface area contributed by atoms with E-state index >= 15 is 0 Å². The van der Waals surface area contributed by atoms with Crippen molar-refractivity contribution in [3.05, 3.63) is 64.4 Å². The zero-order chi connectivity index (χ0) is 18.0. The molecule has 1 amide bonds. The monoisotopic (exact) mass is 360 g/mol. The van der Waals surface area contributed by atoms with Crippen LogP contribution < -0.4 is 4.90 Å². The summed E-state index contributed by atoms with van der Waals surface area (Å²) in [5.74, 6) is -0.867. The number of ketones is 1. The Morgan fingerprint density at radius 3 is 2.24 bits per heavy atom. The number of halogens is 2. The SMILES string of the molecule is CC(=O)c1ccc(N2CCN(C(=O)c3cc(Cl)ccc3F)CC2)cc1. The number of carbonyl (C=O) groups is 2. The predicted molar refractivity (Wildman–Crippen MR) is 96.0 cm³/mol. The highest BCUT2D eigenvalue weighted by molar-refractivity contribution is 6.31. The van der Waals surface area contributed by atoms with Gasteiger partial charge in [0.15, 0.2) is 5.78 Å². The highest BCUT2D eigenvalue weighted by Crippen LogP contribution is 2.20. The molecule has 1 aliphatic rings. The Morgan fingerprint density at radius 1 is 1.00 bits per heavy atom. The van der Waals surface area contributed by atoms with Crippen molar-refractivity contribution >= 4 is 29.0 Å². The highest BCUT2D eigenvalue weighted by Gasteiger charge is 2.24. The van der Waals surface area contributed by atoms with Crippen LogP contribution in [-0.4, -0.2) is 42.8 Å². The van der Waals surface area contributed by atoms with Gasteiger partial charge in [-0.25, -0.2) is 4.39 Å². The molecule has 4 nitrogen and oxygen atoms in total. The second-order valence-electron chi connectivity index (χ2n) is 6.01. The minimum atomic E-state index is -0.559. The van der Waals surface area contributed by atoms with Gasteiger partial charge in [0, 0.05) is 42.5 Å². The number of nitrogens with zero attached hydrogens (tertiary/aromatic N) is 2. The Bertz CT molecular complexity index is 800. The van der Waals surface area contributed by atoms with Gasteiger partial charge in [0.2, 0.25) is 0 Å². The van der Waals surface area contributed by atoms with E-state index in [9.17, 15) is 14.0 Å². The number of carbonyl (C=O) groups excluding carboxylic acids is 2. The molecular weight excluding hydrogens is 343 g/mol. The molecule has 25 heavy (non-hydrogen) atoms. The number of amides is 1. The molecule has 0 saturated carbocycles. The number of benzene rings is 2. The second kappa shape index (κ2) is 7.23. The van der Waals surface area contributed by atoms with Crippen LogP contribution in [0.15, 0.2) is 42.5 Å². The summed E-state index contributed by atoms with van der Waals surface area (Å²) in [7, 11) is 0. The molecule has 1 saturated heterocycles. The van der Waals surface area contributed by atoms with Gasteiger partial charge < -0.3 is 9.80 Å². The minimum absolute atomic E-state index is 0.00626. The van der Waals surface area contributed by atoms with Crippen LogP contribution in [0.3, 0.4) is 0 Å². The lowest BCUT2D eigenvalue weighted by Gasteiger charge is -2.36. The standard InChI is InChI=1S/C19H18ClFN2O2/c1-13(24)14-2-5-16(6-3-14)22-8-10-23(11-9-22)19(25)17-12-15(20)4-7-18(17)21/h2-7,12H,8-11H2,1H3. The molecule has 0 spiro atoms. The van der Waals surface area contributed by atoms with Crippen LogP contribution in [0.4, 0.5) is 10.1 Å². The van der Waals surface area contributed by atoms with Crippen LogP contribution >= 0.6 is 11.6 Å². The summed E-state index contributed by atoms with van der Waals surface area (Å²) < 4.78 is 13.9. The molecule has 0 aliphatic carbocycles. The quantitative estimate of drug-likeness (QED) is 0.784. The Morgan fingerprint density at radius 2 is 1.64 bits per heavy atom. The molecule has 0 N–H and O–H groups in total. The molecular formula is C19H18ClFN2O2. The number of hydrogen-bond acceptors (Lipinski definition) is 3. The van der Waals surface area contributed by atoms with E-state index in [1.54, 1.807) is 17.0 Å². The predicted octanol–water partition coefficient (Wildman–Crippen LogP) is 3.64. The first-order valence-corrected chi connectivity index (χ1v) is 8.44. The molecule has 1 fully saturated rings. The van der Waals surface area contributed by atoms with Crippen LogP contribution in [0.2, 0.25) is 5.02 Å². The van der Waals surface area contributed by atoms with Crippen molar-refractivity contribution in [2.75, 3.05) is 31.1 Å². The first-order valence-electron chi connectivity index (χ1n) is 8.06. The molecule has 6 heteroatoms. The third kappa shape index (κ3) is 3.82. The summed E-state index contributed by atoms with van der Waals surface area (Å²) >= 11 is 5.87. The first-order chi connectivity index (χ1) is 12.0. The van der Waals surface area contributed by atoms with E-state index in [1.165, 1.54) is 25.1 Å². The van der Waals surface area contributed by atoms with Crippen molar-refractivity contribution in [3.8, 4) is 0 Å². The van der Waals surface area contributed by atoms with E-state index in [2.05, 4.69) is 4.90 Å². The molecule has 1 aliphatic heterocycles. The fourth-order valence-corrected chi connectivity index (χ4v) is 3.08. The van der Waals surface area contributed by atoms with Gasteiger partial charge in [-0.2, -0.15) is 0 Å². The molecule has 0 radical (unpaired) electrons. The number of anilines is 1. The maximum absolute atomic E-state index is 13.9. The largest absolute Gasteiger partial charge is 0.368 e. The third-order valence-corrected chi connectivity index (χ3v) is 4.60. The van der Waals surface area contributed by atoms with Crippen LogP contribution in [0.25, 0.3) is 0 Å². The van der Waals surface area contributed by atoms with Crippen LogP contribution in [-0.2, 0) is 0 Å². The fraction of sp³-hybridized carbons (Fsp3) is 0.263. The number of Topliss-reactive ketones (excluding diaryl/α,β-unsaturated/α-hetero) is 1. The van der Waals surface area contributed by atoms with Gasteiger partial charge in [-0.1, -0.05) is 11.6 Å². The van der Waals surface area contributed by atoms with Crippen molar-refractivity contribution < 1.29 is 14.0 Å². The van der Waals surface area contributed by atoms with E-state index in [4.69, 9.17) is 11.6 Å². The summed E-state index contributed by atoms with van der Waals surface area (Å²) in [5, 5.41) is 0.342. The van der Waals surface area contributed by atoms with Crippen LogP contribution in [0, 0.1) is 5.82 Å². The fourth-order valence-electron chi connectivity index (χ4n) is 2.91. The highest BCUT2D eigenvalue weighted by atomic mass is 35.5. The summed E-state index contributed by atoms with van der Waals surface area (Å²) in [6.45, 7) is 3.83. The molecule has 3 rings (SSSR count). The van der Waals surface area contributed by atoms with E-state index in [1.807, 2.05) is 12.1 Å². The zero-order valence-electron chi connectivity index (χ0n) is 13.8. The average molecular weight is 361 g/mol. The Labute approximate surface area is 150 Å². The van der Waals surface area contributed by atoms with Gasteiger partial charge in [0.1, 0.15) is 5.82 Å². The van der Waals surface area contributed by atoms with Gasteiger partial charge in [0.25, 0.3) is 5.91 Å². The normalized spacial score (nSPS) is 14.5. The summed E-state index contributed by atoms with van der Waals surface area (Å²) in [4.78, 5) is 27.6. The molecule has 2 aromatic rings. The van der Waals surface area contributed by atoms with E-state index in [-0.39, 0.29) is 17.3 Å². The summed E-state index contributed by atoms with van der Waals surface area (Å²) in [6, 6.07) is 11.4. The second-order valence-corrected chi connectivity index (χ2v) is 6.44. The molecule has 2 aromatic carbocycles. The summed E-state index contributed by atoms with van der Waals surface area (Å²) in [6.07, 6.45) is 0. The maximum Gasteiger partial charge on any atom is 0.257 e. The van der Waals surface area contributed by atoms with Crippen molar-refractivity contribution in [3.63, 3.8) is 0 Å². The van der Waals surface area contributed by atoms with E-state index < -0.39 is 5.82 Å². The Balaban J connectivity index is 1.66. The van der Waals surface area contributed by atoms with Crippen molar-refractivity contribution in [2.45, 2.75) is 6.92 Å². The first kappa shape index (κ1) is 17.4. The van der Waals surface area contributed by atoms with Crippen LogP contribution in [0.1, 0.15) is 27.6 Å². The van der Waals surface area contributed by atoms with Crippen LogP contribution in [0.5, 0.6) is 0 Å².